The van der Waals surface area contributed by atoms with E-state index in [1.54, 1.807) is 23.1 Å². The largest absolute Gasteiger partial charge is 0.354 e. The molecule has 0 saturated heterocycles. The van der Waals surface area contributed by atoms with E-state index < -0.39 is 6.04 Å². The van der Waals surface area contributed by atoms with Gasteiger partial charge in [0.15, 0.2) is 0 Å². The van der Waals surface area contributed by atoms with E-state index in [0.717, 1.165) is 23.1 Å². The van der Waals surface area contributed by atoms with Gasteiger partial charge in [-0.3, -0.25) is 9.59 Å². The Morgan fingerprint density at radius 2 is 1.76 bits per heavy atom. The molecule has 0 fully saturated rings. The molecule has 0 saturated carbocycles. The molecule has 0 unspecified atom stereocenters. The predicted molar refractivity (Wildman–Crippen MR) is 119 cm³/mol. The fourth-order valence-corrected chi connectivity index (χ4v) is 3.57. The van der Waals surface area contributed by atoms with Crippen LogP contribution in [0.15, 0.2) is 42.5 Å². The number of rotatable bonds is 9. The van der Waals surface area contributed by atoms with Gasteiger partial charge in [0.1, 0.15) is 6.04 Å². The molecule has 2 amide bonds. The van der Waals surface area contributed by atoms with Gasteiger partial charge >= 0.3 is 0 Å². The lowest BCUT2D eigenvalue weighted by atomic mass is 10.1. The Bertz CT molecular complexity index is 837. The summed E-state index contributed by atoms with van der Waals surface area (Å²) in [5.41, 5.74) is 2.81. The normalized spacial score (nSPS) is 11.8. The summed E-state index contributed by atoms with van der Waals surface area (Å²) in [4.78, 5) is 27.6. The second-order valence-electron chi connectivity index (χ2n) is 7.13. The number of amides is 2. The highest BCUT2D eigenvalue weighted by Crippen LogP contribution is 2.24. The van der Waals surface area contributed by atoms with Gasteiger partial charge in [0.05, 0.1) is 6.42 Å². The van der Waals surface area contributed by atoms with E-state index in [2.05, 4.69) is 5.32 Å². The highest BCUT2D eigenvalue weighted by atomic mass is 35.5. The summed E-state index contributed by atoms with van der Waals surface area (Å²) in [5, 5.41) is 3.93. The number of hydrogen-bond acceptors (Lipinski definition) is 2. The van der Waals surface area contributed by atoms with Crippen molar-refractivity contribution < 1.29 is 9.59 Å². The van der Waals surface area contributed by atoms with Gasteiger partial charge in [0, 0.05) is 23.1 Å². The maximum atomic E-state index is 13.2. The van der Waals surface area contributed by atoms with Gasteiger partial charge in [-0.2, -0.15) is 0 Å². The van der Waals surface area contributed by atoms with Crippen LogP contribution in [0.2, 0.25) is 10.0 Å². The van der Waals surface area contributed by atoms with Crippen LogP contribution in [-0.4, -0.2) is 29.3 Å². The van der Waals surface area contributed by atoms with Crippen LogP contribution in [-0.2, 0) is 22.6 Å². The fraction of sp³-hybridized carbons (Fsp3) is 0.391. The van der Waals surface area contributed by atoms with Crippen LogP contribution in [0.25, 0.3) is 0 Å². The Balaban J connectivity index is 2.30. The summed E-state index contributed by atoms with van der Waals surface area (Å²) in [6.07, 6.45) is 1.58. The SMILES string of the molecule is CCCNC(=O)[C@H](CC)N(Cc1ccc(Cl)cc1Cl)C(=O)Cc1ccc(C)cc1. The molecule has 0 bridgehead atoms. The average Bonchev–Trinajstić information content (AvgIpc) is 2.69. The summed E-state index contributed by atoms with van der Waals surface area (Å²) in [6, 6.07) is 12.5. The fourth-order valence-electron chi connectivity index (χ4n) is 3.10. The smallest absolute Gasteiger partial charge is 0.242 e. The highest BCUT2D eigenvalue weighted by Gasteiger charge is 2.29. The molecular weight excluding hydrogens is 407 g/mol. The van der Waals surface area contributed by atoms with E-state index >= 15 is 0 Å². The zero-order chi connectivity index (χ0) is 21.4. The number of carbonyl (C=O) groups excluding carboxylic acids is 2. The monoisotopic (exact) mass is 434 g/mol. The second kappa shape index (κ2) is 11.2. The molecule has 0 heterocycles. The van der Waals surface area contributed by atoms with E-state index in [0.29, 0.717) is 23.0 Å². The summed E-state index contributed by atoms with van der Waals surface area (Å²) >= 11 is 12.3. The molecule has 0 radical (unpaired) electrons. The number of hydrogen-bond donors (Lipinski definition) is 1. The van der Waals surface area contributed by atoms with Crippen LogP contribution in [0.1, 0.15) is 43.4 Å². The third-order valence-corrected chi connectivity index (χ3v) is 5.35. The third kappa shape index (κ3) is 6.76. The second-order valence-corrected chi connectivity index (χ2v) is 7.98. The molecule has 2 aromatic rings. The third-order valence-electron chi connectivity index (χ3n) is 4.77. The van der Waals surface area contributed by atoms with Crippen molar-refractivity contribution in [2.45, 2.75) is 52.6 Å². The van der Waals surface area contributed by atoms with E-state index in [4.69, 9.17) is 23.2 Å². The number of nitrogens with zero attached hydrogens (tertiary/aromatic N) is 1. The van der Waals surface area contributed by atoms with E-state index in [1.807, 2.05) is 45.0 Å². The number of benzene rings is 2. The summed E-state index contributed by atoms with van der Waals surface area (Å²) in [6.45, 7) is 6.74. The Kier molecular flexibility index (Phi) is 8.99. The topological polar surface area (TPSA) is 49.4 Å². The standard InChI is InChI=1S/C23H28Cl2N2O2/c1-4-12-26-23(29)21(5-2)27(15-18-10-11-19(24)14-20(18)25)22(28)13-17-8-6-16(3)7-9-17/h6-11,14,21H,4-5,12-13,15H2,1-3H3,(H,26,29)/t21-/m0/s1. The van der Waals surface area contributed by atoms with Crippen molar-refractivity contribution in [2.75, 3.05) is 6.54 Å². The zero-order valence-corrected chi connectivity index (χ0v) is 18.7. The summed E-state index contributed by atoms with van der Waals surface area (Å²) < 4.78 is 0. The van der Waals surface area contributed by atoms with Crippen molar-refractivity contribution >= 4 is 35.0 Å². The first-order valence-corrected chi connectivity index (χ1v) is 10.7. The number of nitrogens with one attached hydrogen (secondary N) is 1. The van der Waals surface area contributed by atoms with Gasteiger partial charge in [-0.25, -0.2) is 0 Å². The quantitative estimate of drug-likeness (QED) is 0.590. The zero-order valence-electron chi connectivity index (χ0n) is 17.2. The predicted octanol–water partition coefficient (Wildman–Crippen LogP) is 5.18. The van der Waals surface area contributed by atoms with E-state index in [9.17, 15) is 9.59 Å². The lowest BCUT2D eigenvalue weighted by Crippen LogP contribution is -2.49. The van der Waals surface area contributed by atoms with Crippen LogP contribution in [0.4, 0.5) is 0 Å². The van der Waals surface area contributed by atoms with Crippen molar-refractivity contribution in [3.05, 3.63) is 69.2 Å². The van der Waals surface area contributed by atoms with Gasteiger partial charge in [-0.15, -0.1) is 0 Å². The lowest BCUT2D eigenvalue weighted by molar-refractivity contribution is -0.140. The maximum absolute atomic E-state index is 13.2. The summed E-state index contributed by atoms with van der Waals surface area (Å²) in [5.74, 6) is -0.255. The minimum Gasteiger partial charge on any atom is -0.354 e. The van der Waals surface area contributed by atoms with Crippen molar-refractivity contribution in [3.8, 4) is 0 Å². The van der Waals surface area contributed by atoms with Crippen molar-refractivity contribution in [1.82, 2.24) is 10.2 Å². The molecule has 4 nitrogen and oxygen atoms in total. The molecule has 1 atom stereocenters. The lowest BCUT2D eigenvalue weighted by Gasteiger charge is -2.31. The summed E-state index contributed by atoms with van der Waals surface area (Å²) in [7, 11) is 0. The van der Waals surface area contributed by atoms with Gasteiger partial charge in [0.2, 0.25) is 11.8 Å². The van der Waals surface area contributed by atoms with Crippen LogP contribution >= 0.6 is 23.2 Å². The molecule has 0 aromatic heterocycles. The van der Waals surface area contributed by atoms with Crippen LogP contribution < -0.4 is 5.32 Å². The molecule has 0 spiro atoms. The first-order valence-electron chi connectivity index (χ1n) is 9.92. The molecule has 29 heavy (non-hydrogen) atoms. The first-order chi connectivity index (χ1) is 13.8. The first kappa shape index (κ1) is 23.2. The highest BCUT2D eigenvalue weighted by molar-refractivity contribution is 6.35. The van der Waals surface area contributed by atoms with Crippen LogP contribution in [0.3, 0.4) is 0 Å². The van der Waals surface area contributed by atoms with Crippen LogP contribution in [0, 0.1) is 6.92 Å². The van der Waals surface area contributed by atoms with Gasteiger partial charge in [0.25, 0.3) is 0 Å². The number of aryl methyl sites for hydroxylation is 1. The average molecular weight is 435 g/mol. The minimum atomic E-state index is -0.564. The van der Waals surface area contributed by atoms with Crippen molar-refractivity contribution in [3.63, 3.8) is 0 Å². The molecule has 0 aliphatic heterocycles. The van der Waals surface area contributed by atoms with Gasteiger partial charge in [-0.1, -0.05) is 72.9 Å². The Morgan fingerprint density at radius 1 is 1.07 bits per heavy atom. The molecule has 2 rings (SSSR count). The number of halogens is 2. The van der Waals surface area contributed by atoms with Gasteiger partial charge in [-0.05, 0) is 43.0 Å². The molecule has 0 aliphatic carbocycles. The Morgan fingerprint density at radius 3 is 2.34 bits per heavy atom. The van der Waals surface area contributed by atoms with Crippen molar-refractivity contribution in [2.24, 2.45) is 0 Å². The van der Waals surface area contributed by atoms with Gasteiger partial charge < -0.3 is 10.2 Å². The van der Waals surface area contributed by atoms with E-state index in [-0.39, 0.29) is 24.8 Å². The number of carbonyl (C=O) groups is 2. The van der Waals surface area contributed by atoms with Crippen LogP contribution in [0.5, 0.6) is 0 Å². The molecule has 156 valence electrons. The minimum absolute atomic E-state index is 0.113. The van der Waals surface area contributed by atoms with Crippen molar-refractivity contribution in [1.29, 1.82) is 0 Å². The molecule has 0 aliphatic rings. The van der Waals surface area contributed by atoms with E-state index in [1.165, 1.54) is 0 Å². The molecular formula is C23H28Cl2N2O2. The maximum Gasteiger partial charge on any atom is 0.242 e. The molecule has 1 N–H and O–H groups in total. The Hall–Kier alpha value is -2.04. The Labute approximate surface area is 183 Å². The molecule has 6 heteroatoms. The molecule has 2 aromatic carbocycles.